The second-order valence-electron chi connectivity index (χ2n) is 8.27. The first-order chi connectivity index (χ1) is 13.1. The Morgan fingerprint density at radius 1 is 0.926 bits per heavy atom. The van der Waals surface area contributed by atoms with Crippen molar-refractivity contribution in [1.82, 2.24) is 4.90 Å². The first-order valence-electron chi connectivity index (χ1n) is 10.1. The zero-order valence-electron chi connectivity index (χ0n) is 16.0. The van der Waals surface area contributed by atoms with Crippen molar-refractivity contribution in [2.24, 2.45) is 5.92 Å². The van der Waals surface area contributed by atoms with Crippen LogP contribution in [0.15, 0.2) is 54.6 Å². The van der Waals surface area contributed by atoms with Gasteiger partial charge in [-0.25, -0.2) is 0 Å². The molecule has 1 unspecified atom stereocenters. The van der Waals surface area contributed by atoms with E-state index in [4.69, 9.17) is 0 Å². The van der Waals surface area contributed by atoms with Crippen LogP contribution in [0.25, 0.3) is 0 Å². The minimum Gasteiger partial charge on any atom is -0.273 e. The zero-order chi connectivity index (χ0) is 18.9. The van der Waals surface area contributed by atoms with E-state index in [1.165, 1.54) is 37.0 Å². The van der Waals surface area contributed by atoms with Crippen molar-refractivity contribution in [3.63, 3.8) is 0 Å². The summed E-state index contributed by atoms with van der Waals surface area (Å²) in [5.74, 6) is 0.355. The summed E-state index contributed by atoms with van der Waals surface area (Å²) < 4.78 is 0. The van der Waals surface area contributed by atoms with Crippen LogP contribution in [0.3, 0.4) is 0 Å². The minimum atomic E-state index is -0.624. The summed E-state index contributed by atoms with van der Waals surface area (Å²) in [5, 5.41) is 0. The Balaban J connectivity index is 1.71. The Bertz CT molecular complexity index is 838. The summed E-state index contributed by atoms with van der Waals surface area (Å²) in [6.45, 7) is 2.39. The van der Waals surface area contributed by atoms with Gasteiger partial charge in [-0.05, 0) is 36.5 Å². The molecule has 1 saturated carbocycles. The van der Waals surface area contributed by atoms with Crippen LogP contribution in [0.2, 0.25) is 0 Å². The summed E-state index contributed by atoms with van der Waals surface area (Å²) >= 11 is 0. The Hall–Kier alpha value is -2.42. The lowest BCUT2D eigenvalue weighted by molar-refractivity contribution is -0.136. The van der Waals surface area contributed by atoms with Crippen molar-refractivity contribution >= 4 is 11.8 Å². The average Bonchev–Trinajstić information content (AvgIpc) is 2.71. The number of hydrogen-bond donors (Lipinski definition) is 0. The molecule has 0 spiro atoms. The number of fused-ring (bicyclic) bond motifs is 1. The van der Waals surface area contributed by atoms with Gasteiger partial charge in [0.1, 0.15) is 0 Å². The topological polar surface area (TPSA) is 37.4 Å². The number of hydrogen-bond acceptors (Lipinski definition) is 2. The number of carbonyl (C=O) groups excluding carboxylic acids is 2. The molecule has 2 aliphatic rings. The van der Waals surface area contributed by atoms with Crippen LogP contribution in [-0.2, 0) is 16.8 Å². The number of carbonyl (C=O) groups is 2. The van der Waals surface area contributed by atoms with Gasteiger partial charge in [-0.15, -0.1) is 0 Å². The van der Waals surface area contributed by atoms with Crippen LogP contribution in [0.4, 0.5) is 0 Å². The van der Waals surface area contributed by atoms with Gasteiger partial charge in [0.2, 0.25) is 5.91 Å². The summed E-state index contributed by atoms with van der Waals surface area (Å²) in [6.07, 6.45) is 7.03. The third kappa shape index (κ3) is 3.31. The van der Waals surface area contributed by atoms with E-state index in [1.54, 1.807) is 0 Å². The lowest BCUT2D eigenvalue weighted by atomic mass is 9.68. The molecule has 4 rings (SSSR count). The summed E-state index contributed by atoms with van der Waals surface area (Å²) in [6, 6.07) is 17.5. The molecule has 2 amide bonds. The van der Waals surface area contributed by atoms with Crippen LogP contribution < -0.4 is 0 Å². The highest BCUT2D eigenvalue weighted by Crippen LogP contribution is 2.42. The molecule has 1 aliphatic carbocycles. The molecule has 3 heteroatoms. The van der Waals surface area contributed by atoms with Crippen molar-refractivity contribution in [2.75, 3.05) is 0 Å². The van der Waals surface area contributed by atoms with Crippen LogP contribution in [0, 0.1) is 5.92 Å². The monoisotopic (exact) mass is 361 g/mol. The van der Waals surface area contributed by atoms with Crippen LogP contribution >= 0.6 is 0 Å². The van der Waals surface area contributed by atoms with E-state index in [9.17, 15) is 9.59 Å². The van der Waals surface area contributed by atoms with Crippen LogP contribution in [-0.4, -0.2) is 16.7 Å². The maximum absolute atomic E-state index is 13.6. The van der Waals surface area contributed by atoms with Crippen molar-refractivity contribution in [3.8, 4) is 0 Å². The van der Waals surface area contributed by atoms with Gasteiger partial charge in [0, 0.05) is 5.56 Å². The lowest BCUT2D eigenvalue weighted by Gasteiger charge is -2.42. The quantitative estimate of drug-likeness (QED) is 0.711. The maximum Gasteiger partial charge on any atom is 0.261 e. The molecule has 0 saturated heterocycles. The summed E-state index contributed by atoms with van der Waals surface area (Å²) in [7, 11) is 0. The highest BCUT2D eigenvalue weighted by molar-refractivity contribution is 6.13. The Morgan fingerprint density at radius 2 is 1.59 bits per heavy atom. The van der Waals surface area contributed by atoms with Crippen LogP contribution in [0.1, 0.15) is 66.9 Å². The molecule has 3 nitrogen and oxygen atoms in total. The Kier molecular flexibility index (Phi) is 4.86. The van der Waals surface area contributed by atoms with Crippen molar-refractivity contribution in [2.45, 2.75) is 57.4 Å². The second kappa shape index (κ2) is 7.30. The maximum atomic E-state index is 13.6. The molecule has 27 heavy (non-hydrogen) atoms. The number of imide groups is 1. The zero-order valence-corrected chi connectivity index (χ0v) is 16.0. The smallest absolute Gasteiger partial charge is 0.261 e. The third-order valence-corrected chi connectivity index (χ3v) is 6.32. The van der Waals surface area contributed by atoms with Gasteiger partial charge in [-0.2, -0.15) is 0 Å². The van der Waals surface area contributed by atoms with Gasteiger partial charge in [-0.1, -0.05) is 80.6 Å². The number of nitrogens with zero attached hydrogens (tertiary/aromatic N) is 1. The normalized spacial score (nSPS) is 23.4. The fraction of sp³-hybridized carbons (Fsp3) is 0.417. The molecule has 2 aromatic carbocycles. The number of amides is 2. The van der Waals surface area contributed by atoms with E-state index in [0.717, 1.165) is 17.5 Å². The van der Waals surface area contributed by atoms with E-state index >= 15 is 0 Å². The second-order valence-corrected chi connectivity index (χ2v) is 8.27. The van der Waals surface area contributed by atoms with E-state index in [0.29, 0.717) is 18.0 Å². The predicted octanol–water partition coefficient (Wildman–Crippen LogP) is 5.10. The number of rotatable bonds is 4. The van der Waals surface area contributed by atoms with Gasteiger partial charge in [0.05, 0.1) is 12.0 Å². The molecule has 140 valence electrons. The molecular formula is C24H27NO2. The molecule has 1 aliphatic heterocycles. The molecular weight excluding hydrogens is 334 g/mol. The minimum absolute atomic E-state index is 0.0411. The molecule has 0 radical (unpaired) electrons. The molecule has 1 heterocycles. The van der Waals surface area contributed by atoms with Gasteiger partial charge >= 0.3 is 0 Å². The van der Waals surface area contributed by atoms with E-state index in [-0.39, 0.29) is 11.8 Å². The average molecular weight is 361 g/mol. The van der Waals surface area contributed by atoms with Crippen molar-refractivity contribution < 1.29 is 9.59 Å². The lowest BCUT2D eigenvalue weighted by Crippen LogP contribution is -2.53. The SMILES string of the molecule is CC1(CC2CCCCC2)C(=O)N(Cc2ccccc2)C(=O)c2ccccc21. The van der Waals surface area contributed by atoms with Gasteiger partial charge in [-0.3, -0.25) is 14.5 Å². The van der Waals surface area contributed by atoms with Gasteiger partial charge in [0.15, 0.2) is 0 Å². The third-order valence-electron chi connectivity index (χ3n) is 6.32. The largest absolute Gasteiger partial charge is 0.273 e. The van der Waals surface area contributed by atoms with Crippen molar-refractivity contribution in [3.05, 3.63) is 71.3 Å². The molecule has 0 aromatic heterocycles. The summed E-state index contributed by atoms with van der Waals surface area (Å²) in [5.41, 5.74) is 1.96. The van der Waals surface area contributed by atoms with E-state index < -0.39 is 5.41 Å². The first kappa shape index (κ1) is 18.0. The summed E-state index contributed by atoms with van der Waals surface area (Å²) in [4.78, 5) is 28.2. The van der Waals surface area contributed by atoms with E-state index in [1.807, 2.05) is 61.5 Å². The van der Waals surface area contributed by atoms with Crippen LogP contribution in [0.5, 0.6) is 0 Å². The molecule has 1 fully saturated rings. The molecule has 0 bridgehead atoms. The molecule has 0 N–H and O–H groups in total. The highest BCUT2D eigenvalue weighted by atomic mass is 16.2. The van der Waals surface area contributed by atoms with Crippen molar-refractivity contribution in [1.29, 1.82) is 0 Å². The Morgan fingerprint density at radius 3 is 2.33 bits per heavy atom. The number of benzene rings is 2. The van der Waals surface area contributed by atoms with Gasteiger partial charge in [0.25, 0.3) is 5.91 Å². The molecule has 1 atom stereocenters. The first-order valence-corrected chi connectivity index (χ1v) is 10.1. The Labute approximate surface area is 161 Å². The fourth-order valence-corrected chi connectivity index (χ4v) is 4.88. The van der Waals surface area contributed by atoms with Gasteiger partial charge < -0.3 is 0 Å². The highest BCUT2D eigenvalue weighted by Gasteiger charge is 2.48. The van der Waals surface area contributed by atoms with E-state index in [2.05, 4.69) is 0 Å². The standard InChI is InChI=1S/C24H27NO2/c1-24(16-18-10-4-2-5-11-18)21-15-9-8-14-20(21)22(26)25(23(24)27)17-19-12-6-3-7-13-19/h3,6-9,12-15,18H,2,4-5,10-11,16-17H2,1H3. The fourth-order valence-electron chi connectivity index (χ4n) is 4.88. The predicted molar refractivity (Wildman–Crippen MR) is 106 cm³/mol. The molecule has 2 aromatic rings.